The summed E-state index contributed by atoms with van der Waals surface area (Å²) in [6.07, 6.45) is 0.536. The molecule has 0 bridgehead atoms. The van der Waals surface area contributed by atoms with Gasteiger partial charge in [0.2, 0.25) is 0 Å². The number of aromatic nitrogens is 1. The van der Waals surface area contributed by atoms with Crippen LogP contribution in [0.15, 0.2) is 24.3 Å². The maximum Gasteiger partial charge on any atom is 0.265 e. The van der Waals surface area contributed by atoms with E-state index in [2.05, 4.69) is 4.98 Å². The third kappa shape index (κ3) is 4.35. The van der Waals surface area contributed by atoms with Crippen molar-refractivity contribution in [2.45, 2.75) is 26.7 Å². The minimum Gasteiger partial charge on any atom is -0.344 e. The highest BCUT2D eigenvalue weighted by atomic mass is 32.1. The van der Waals surface area contributed by atoms with Crippen LogP contribution in [0.1, 0.15) is 43.2 Å². The molecule has 0 N–H and O–H groups in total. The van der Waals surface area contributed by atoms with Crippen molar-refractivity contribution < 1.29 is 14.4 Å². The van der Waals surface area contributed by atoms with Gasteiger partial charge in [-0.2, -0.15) is 0 Å². The van der Waals surface area contributed by atoms with Gasteiger partial charge in [-0.05, 0) is 19.4 Å². The summed E-state index contributed by atoms with van der Waals surface area (Å²) < 4.78 is 0. The van der Waals surface area contributed by atoms with Crippen LogP contribution in [0.25, 0.3) is 0 Å². The number of nitrogens with zero attached hydrogens (tertiary/aromatic N) is 2. The predicted molar refractivity (Wildman–Crippen MR) is 93.7 cm³/mol. The summed E-state index contributed by atoms with van der Waals surface area (Å²) in [6, 6.07) is 7.05. The van der Waals surface area contributed by atoms with Gasteiger partial charge in [-0.3, -0.25) is 14.4 Å². The van der Waals surface area contributed by atoms with Crippen LogP contribution in [0.2, 0.25) is 0 Å². The van der Waals surface area contributed by atoms with Crippen LogP contribution in [0, 0.1) is 6.92 Å². The number of Topliss-reactive ketones (excluding diaryl/α,β-unsaturated/α-hetero) is 2. The SMILES string of the molecule is CC(=O)Cc1ccc(C(=O)Cc2nc(C)c(C(=O)N(C)C)s2)cc1. The quantitative estimate of drug-likeness (QED) is 0.756. The molecule has 6 heteroatoms. The number of benzene rings is 1. The summed E-state index contributed by atoms with van der Waals surface area (Å²) in [5.41, 5.74) is 2.12. The Morgan fingerprint density at radius 2 is 1.71 bits per heavy atom. The molecule has 0 spiro atoms. The molecule has 126 valence electrons. The summed E-state index contributed by atoms with van der Waals surface area (Å²) in [4.78, 5) is 41.9. The van der Waals surface area contributed by atoms with E-state index in [0.717, 1.165) is 5.56 Å². The zero-order chi connectivity index (χ0) is 17.9. The minimum absolute atomic E-state index is 0.0537. The Kier molecular flexibility index (Phi) is 5.62. The number of thiazole rings is 1. The van der Waals surface area contributed by atoms with E-state index in [1.807, 2.05) is 0 Å². The maximum absolute atomic E-state index is 12.4. The minimum atomic E-state index is -0.0997. The van der Waals surface area contributed by atoms with E-state index in [-0.39, 0.29) is 23.9 Å². The molecule has 1 heterocycles. The Hall–Kier alpha value is -2.34. The largest absolute Gasteiger partial charge is 0.344 e. The first-order chi connectivity index (χ1) is 11.3. The normalized spacial score (nSPS) is 10.5. The van der Waals surface area contributed by atoms with Gasteiger partial charge in [0.25, 0.3) is 5.91 Å². The Morgan fingerprint density at radius 1 is 1.08 bits per heavy atom. The molecule has 2 aromatic rings. The topological polar surface area (TPSA) is 67.3 Å². The first-order valence-corrected chi connectivity index (χ1v) is 8.39. The average Bonchev–Trinajstić information content (AvgIpc) is 2.86. The molecule has 0 radical (unpaired) electrons. The molecule has 0 saturated carbocycles. The van der Waals surface area contributed by atoms with Crippen LogP contribution in [0.5, 0.6) is 0 Å². The van der Waals surface area contributed by atoms with Crippen LogP contribution >= 0.6 is 11.3 Å². The summed E-state index contributed by atoms with van der Waals surface area (Å²) >= 11 is 1.26. The number of carbonyl (C=O) groups is 3. The first kappa shape index (κ1) is 18.0. The lowest BCUT2D eigenvalue weighted by atomic mass is 10.0. The lowest BCUT2D eigenvalue weighted by Gasteiger charge is -2.07. The zero-order valence-corrected chi connectivity index (χ0v) is 15.1. The standard InChI is InChI=1S/C18H20N2O3S/c1-11(21)9-13-5-7-14(8-6-13)15(22)10-16-19-12(2)17(24-16)18(23)20(3)4/h5-8H,9-10H2,1-4H3. The zero-order valence-electron chi connectivity index (χ0n) is 14.3. The highest BCUT2D eigenvalue weighted by Gasteiger charge is 2.18. The van der Waals surface area contributed by atoms with E-state index in [4.69, 9.17) is 0 Å². The molecule has 0 aliphatic rings. The molecule has 2 rings (SSSR count). The van der Waals surface area contributed by atoms with Gasteiger partial charge in [-0.25, -0.2) is 4.98 Å². The van der Waals surface area contributed by atoms with Gasteiger partial charge in [0.05, 0.1) is 12.1 Å². The summed E-state index contributed by atoms with van der Waals surface area (Å²) in [5.74, 6) is -0.0651. The van der Waals surface area contributed by atoms with E-state index in [9.17, 15) is 14.4 Å². The highest BCUT2D eigenvalue weighted by Crippen LogP contribution is 2.21. The van der Waals surface area contributed by atoms with Crippen molar-refractivity contribution in [3.8, 4) is 0 Å². The van der Waals surface area contributed by atoms with Gasteiger partial charge in [0.15, 0.2) is 5.78 Å². The molecule has 1 aromatic carbocycles. The van der Waals surface area contributed by atoms with Crippen molar-refractivity contribution >= 4 is 28.8 Å². The van der Waals surface area contributed by atoms with Gasteiger partial charge < -0.3 is 4.90 Å². The molecule has 24 heavy (non-hydrogen) atoms. The van der Waals surface area contributed by atoms with E-state index < -0.39 is 0 Å². The number of hydrogen-bond acceptors (Lipinski definition) is 5. The van der Waals surface area contributed by atoms with Crippen LogP contribution in [0.4, 0.5) is 0 Å². The molecule has 0 saturated heterocycles. The van der Waals surface area contributed by atoms with Crippen molar-refractivity contribution in [1.29, 1.82) is 0 Å². The number of hydrogen-bond donors (Lipinski definition) is 0. The summed E-state index contributed by atoms with van der Waals surface area (Å²) in [5, 5.41) is 0.635. The molecule has 0 fully saturated rings. The summed E-state index contributed by atoms with van der Waals surface area (Å²) in [7, 11) is 3.38. The second-order valence-corrected chi connectivity index (χ2v) is 6.98. The van der Waals surface area contributed by atoms with Crippen molar-refractivity contribution in [1.82, 2.24) is 9.88 Å². The molecule has 0 aliphatic carbocycles. The average molecular weight is 344 g/mol. The fourth-order valence-electron chi connectivity index (χ4n) is 2.26. The maximum atomic E-state index is 12.4. The molecule has 1 aromatic heterocycles. The fraction of sp³-hybridized carbons (Fsp3) is 0.333. The second kappa shape index (κ2) is 7.49. The van der Waals surface area contributed by atoms with E-state index in [1.54, 1.807) is 45.3 Å². The predicted octanol–water partition coefficient (Wildman–Crippen LogP) is 2.71. The molecule has 5 nitrogen and oxygen atoms in total. The Balaban J connectivity index is 2.11. The van der Waals surface area contributed by atoms with Gasteiger partial charge in [-0.1, -0.05) is 24.3 Å². The summed E-state index contributed by atoms with van der Waals surface area (Å²) in [6.45, 7) is 3.31. The Morgan fingerprint density at radius 3 is 2.25 bits per heavy atom. The van der Waals surface area contributed by atoms with Gasteiger partial charge in [0.1, 0.15) is 15.7 Å². The third-order valence-electron chi connectivity index (χ3n) is 3.48. The third-order valence-corrected chi connectivity index (χ3v) is 4.63. The van der Waals surface area contributed by atoms with Gasteiger partial charge in [0, 0.05) is 26.1 Å². The Bertz CT molecular complexity index is 776. The van der Waals surface area contributed by atoms with E-state index in [0.29, 0.717) is 27.6 Å². The monoisotopic (exact) mass is 344 g/mol. The van der Waals surface area contributed by atoms with Crippen molar-refractivity contribution in [2.75, 3.05) is 14.1 Å². The van der Waals surface area contributed by atoms with Crippen LogP contribution < -0.4 is 0 Å². The molecule has 0 unspecified atom stereocenters. The molecule has 1 amide bonds. The lowest BCUT2D eigenvalue weighted by molar-refractivity contribution is -0.116. The van der Waals surface area contributed by atoms with Gasteiger partial charge >= 0.3 is 0 Å². The molecular formula is C18H20N2O3S. The van der Waals surface area contributed by atoms with Gasteiger partial charge in [-0.15, -0.1) is 11.3 Å². The highest BCUT2D eigenvalue weighted by molar-refractivity contribution is 7.13. The number of ketones is 2. The van der Waals surface area contributed by atoms with Crippen molar-refractivity contribution in [2.24, 2.45) is 0 Å². The number of amides is 1. The number of aryl methyl sites for hydroxylation is 1. The fourth-order valence-corrected chi connectivity index (χ4v) is 3.35. The molecule has 0 atom stereocenters. The second-order valence-electron chi connectivity index (χ2n) is 5.90. The molecular weight excluding hydrogens is 324 g/mol. The number of rotatable bonds is 6. The first-order valence-electron chi connectivity index (χ1n) is 7.57. The van der Waals surface area contributed by atoms with Crippen LogP contribution in [0.3, 0.4) is 0 Å². The lowest BCUT2D eigenvalue weighted by Crippen LogP contribution is -2.21. The van der Waals surface area contributed by atoms with Crippen LogP contribution in [-0.2, 0) is 17.6 Å². The van der Waals surface area contributed by atoms with Crippen molar-refractivity contribution in [3.05, 3.63) is 51.0 Å². The smallest absolute Gasteiger partial charge is 0.265 e. The van der Waals surface area contributed by atoms with E-state index >= 15 is 0 Å². The van der Waals surface area contributed by atoms with Crippen LogP contribution in [-0.4, -0.2) is 41.5 Å². The Labute approximate surface area is 145 Å². The number of carbonyl (C=O) groups excluding carboxylic acids is 3. The van der Waals surface area contributed by atoms with Crippen molar-refractivity contribution in [3.63, 3.8) is 0 Å². The molecule has 0 aliphatic heterocycles. The van der Waals surface area contributed by atoms with E-state index in [1.165, 1.54) is 23.2 Å².